The van der Waals surface area contributed by atoms with E-state index in [0.29, 0.717) is 12.8 Å². The Morgan fingerprint density at radius 2 is 1.44 bits per heavy atom. The second-order valence-corrected chi connectivity index (χ2v) is 12.8. The van der Waals surface area contributed by atoms with E-state index in [2.05, 4.69) is 21.3 Å². The number of amides is 5. The summed E-state index contributed by atoms with van der Waals surface area (Å²) in [4.78, 5) is 79.0. The lowest BCUT2D eigenvalue weighted by Gasteiger charge is -2.34. The Labute approximate surface area is 282 Å². The van der Waals surface area contributed by atoms with E-state index in [-0.39, 0.29) is 30.7 Å². The molecule has 1 aliphatic rings. The van der Waals surface area contributed by atoms with Crippen LogP contribution in [0.1, 0.15) is 59.9 Å². The highest BCUT2D eigenvalue weighted by atomic mass is 16.5. The first-order chi connectivity index (χ1) is 22.6. The third-order valence-corrected chi connectivity index (χ3v) is 8.24. The molecule has 2 rings (SSSR count). The highest BCUT2D eigenvalue weighted by Crippen LogP contribution is 2.23. The number of esters is 1. The van der Waals surface area contributed by atoms with Crippen molar-refractivity contribution in [2.45, 2.75) is 97.1 Å². The van der Waals surface area contributed by atoms with E-state index in [0.717, 1.165) is 11.1 Å². The van der Waals surface area contributed by atoms with Crippen LogP contribution in [0, 0.1) is 11.8 Å². The molecule has 0 spiro atoms. The fraction of sp³-hybridized carbons (Fsp3) is 0.588. The Morgan fingerprint density at radius 1 is 0.854 bits per heavy atom. The normalized spacial score (nSPS) is 17.2. The third-order valence-electron chi connectivity index (χ3n) is 8.24. The number of aliphatic hydroxyl groups excluding tert-OH is 1. The van der Waals surface area contributed by atoms with Crippen molar-refractivity contribution in [2.75, 3.05) is 20.3 Å². The van der Waals surface area contributed by atoms with Gasteiger partial charge in [-0.25, -0.2) is 4.79 Å². The van der Waals surface area contributed by atoms with Gasteiger partial charge in [0.25, 0.3) is 0 Å². The van der Waals surface area contributed by atoms with E-state index in [1.54, 1.807) is 19.9 Å². The van der Waals surface area contributed by atoms with E-state index < -0.39 is 72.5 Å². The Morgan fingerprint density at radius 3 is 1.98 bits per heavy atom. The van der Waals surface area contributed by atoms with Crippen LogP contribution < -0.4 is 27.0 Å². The van der Waals surface area contributed by atoms with E-state index >= 15 is 0 Å². The number of hydrogen-bond donors (Lipinski definition) is 6. The van der Waals surface area contributed by atoms with Crippen LogP contribution in [0.25, 0.3) is 0 Å². The first kappa shape index (κ1) is 39.9. The maximum Gasteiger partial charge on any atom is 0.328 e. The second-order valence-electron chi connectivity index (χ2n) is 12.8. The molecule has 0 bridgehead atoms. The van der Waals surface area contributed by atoms with Gasteiger partial charge in [-0.15, -0.1) is 0 Å². The number of rotatable bonds is 16. The van der Waals surface area contributed by atoms with Crippen molar-refractivity contribution in [3.8, 4) is 0 Å². The number of methoxy groups -OCH3 is 1. The molecule has 1 aromatic carbocycles. The van der Waals surface area contributed by atoms with Crippen molar-refractivity contribution in [3.05, 3.63) is 47.5 Å². The first-order valence-corrected chi connectivity index (χ1v) is 16.3. The number of nitrogens with zero attached hydrogens (tertiary/aromatic N) is 1. The van der Waals surface area contributed by atoms with Gasteiger partial charge in [0.15, 0.2) is 0 Å². The summed E-state index contributed by atoms with van der Waals surface area (Å²) in [6.45, 7) is 9.81. The molecule has 0 aliphatic carbocycles. The maximum absolute atomic E-state index is 13.5. The zero-order chi connectivity index (χ0) is 36.1. The molecule has 14 heteroatoms. The minimum absolute atomic E-state index is 0.00289. The molecular formula is C34H52N6O8. The largest absolute Gasteiger partial charge is 0.467 e. The van der Waals surface area contributed by atoms with Crippen LogP contribution in [-0.2, 0) is 39.9 Å². The van der Waals surface area contributed by atoms with Crippen LogP contribution in [0.5, 0.6) is 0 Å². The van der Waals surface area contributed by atoms with E-state index in [1.165, 1.54) is 25.9 Å². The van der Waals surface area contributed by atoms with Crippen LogP contribution >= 0.6 is 0 Å². The summed E-state index contributed by atoms with van der Waals surface area (Å²) in [7, 11) is 1.26. The lowest BCUT2D eigenvalue weighted by Crippen LogP contribution is -2.56. The number of ether oxygens (including phenoxy) is 1. The van der Waals surface area contributed by atoms with Gasteiger partial charge < -0.3 is 41.7 Å². The van der Waals surface area contributed by atoms with Crippen molar-refractivity contribution in [3.63, 3.8) is 0 Å². The number of hydrogen-bond acceptors (Lipinski definition) is 9. The molecule has 0 saturated carbocycles. The molecule has 266 valence electrons. The van der Waals surface area contributed by atoms with Gasteiger partial charge in [-0.3, -0.25) is 24.0 Å². The monoisotopic (exact) mass is 672 g/mol. The van der Waals surface area contributed by atoms with Crippen LogP contribution in [0.3, 0.4) is 0 Å². The van der Waals surface area contributed by atoms with E-state index in [1.807, 2.05) is 44.2 Å². The van der Waals surface area contributed by atoms with Gasteiger partial charge in [-0.2, -0.15) is 0 Å². The second kappa shape index (κ2) is 18.9. The standard InChI is InChI=1S/C34H52N6O8/c1-19(2)28(34(47)48-7)39-33(46)29(20(3)4)40-16-15-24(13-14-27(40)42)26(17-23-11-9-8-10-12-23)38-31(44)22(6)36-30(43)21(5)37-32(45)25(35)18-41/h8-13,19-22,25-26,28-29,41H,14-18,35H2,1-7H3,(H,36,43)(H,37,45)(H,38,44)(H,39,46)/t21-,22-,25-,26-,28-,29-/m0/s1. The van der Waals surface area contributed by atoms with Gasteiger partial charge in [0.1, 0.15) is 30.2 Å². The SMILES string of the molecule is COC(=O)[C@@H](NC(=O)[C@H](C(C)C)N1CCC([C@H](Cc2ccccc2)NC(=O)[C@H](C)NC(=O)[C@H](C)NC(=O)[C@@H](N)CO)=CCC1=O)C(C)C. The maximum atomic E-state index is 13.5. The van der Waals surface area contributed by atoms with Crippen LogP contribution in [0.2, 0.25) is 0 Å². The Bertz CT molecular complexity index is 1320. The number of carbonyl (C=O) groups excluding carboxylic acids is 6. The minimum Gasteiger partial charge on any atom is -0.467 e. The van der Waals surface area contributed by atoms with Crippen molar-refractivity contribution in [2.24, 2.45) is 17.6 Å². The minimum atomic E-state index is -1.18. The molecule has 7 N–H and O–H groups in total. The van der Waals surface area contributed by atoms with Crippen molar-refractivity contribution >= 4 is 35.5 Å². The molecule has 48 heavy (non-hydrogen) atoms. The van der Waals surface area contributed by atoms with E-state index in [9.17, 15) is 28.8 Å². The molecule has 1 heterocycles. The lowest BCUT2D eigenvalue weighted by molar-refractivity contribution is -0.148. The fourth-order valence-electron chi connectivity index (χ4n) is 5.38. The van der Waals surface area contributed by atoms with Crippen molar-refractivity contribution in [1.29, 1.82) is 0 Å². The number of benzene rings is 1. The Balaban J connectivity index is 2.24. The summed E-state index contributed by atoms with van der Waals surface area (Å²) < 4.78 is 4.87. The van der Waals surface area contributed by atoms with Gasteiger partial charge in [-0.05, 0) is 49.7 Å². The number of nitrogens with two attached hydrogens (primary N) is 1. The topological polar surface area (TPSA) is 209 Å². The summed E-state index contributed by atoms with van der Waals surface area (Å²) in [5.74, 6) is -3.58. The number of aliphatic hydroxyl groups is 1. The molecule has 0 fully saturated rings. The number of nitrogens with one attached hydrogen (secondary N) is 4. The van der Waals surface area contributed by atoms with Gasteiger partial charge in [0.05, 0.1) is 19.8 Å². The first-order valence-electron chi connectivity index (χ1n) is 16.3. The van der Waals surface area contributed by atoms with Crippen LogP contribution in [-0.4, -0.2) is 102 Å². The third kappa shape index (κ3) is 11.4. The zero-order valence-corrected chi connectivity index (χ0v) is 28.9. The average molecular weight is 673 g/mol. The molecular weight excluding hydrogens is 620 g/mol. The summed E-state index contributed by atoms with van der Waals surface area (Å²) >= 11 is 0. The fourth-order valence-corrected chi connectivity index (χ4v) is 5.38. The summed E-state index contributed by atoms with van der Waals surface area (Å²) in [6.07, 6.45) is 2.54. The average Bonchev–Trinajstić information content (AvgIpc) is 3.23. The molecule has 0 unspecified atom stereocenters. The molecule has 1 aromatic rings. The molecule has 1 aliphatic heterocycles. The van der Waals surface area contributed by atoms with Gasteiger partial charge in [0.2, 0.25) is 29.5 Å². The Hall–Kier alpha value is -4.30. The molecule has 14 nitrogen and oxygen atoms in total. The predicted molar refractivity (Wildman–Crippen MR) is 179 cm³/mol. The Kier molecular flexibility index (Phi) is 15.7. The molecule has 0 radical (unpaired) electrons. The lowest BCUT2D eigenvalue weighted by atomic mass is 9.95. The van der Waals surface area contributed by atoms with Gasteiger partial charge in [-0.1, -0.05) is 64.1 Å². The summed E-state index contributed by atoms with van der Waals surface area (Å²) in [6, 6.07) is 4.06. The summed E-state index contributed by atoms with van der Waals surface area (Å²) in [5, 5.41) is 19.9. The van der Waals surface area contributed by atoms with E-state index in [4.69, 9.17) is 15.6 Å². The summed E-state index contributed by atoms with van der Waals surface area (Å²) in [5.41, 5.74) is 7.23. The zero-order valence-electron chi connectivity index (χ0n) is 28.9. The molecule has 5 amide bonds. The molecule has 0 aromatic heterocycles. The molecule has 6 atom stereocenters. The smallest absolute Gasteiger partial charge is 0.328 e. The highest BCUT2D eigenvalue weighted by molar-refractivity contribution is 5.93. The van der Waals surface area contributed by atoms with Crippen LogP contribution in [0.15, 0.2) is 42.0 Å². The van der Waals surface area contributed by atoms with Crippen LogP contribution in [0.4, 0.5) is 0 Å². The highest BCUT2D eigenvalue weighted by Gasteiger charge is 2.37. The van der Waals surface area contributed by atoms with Gasteiger partial charge in [0, 0.05) is 13.0 Å². The van der Waals surface area contributed by atoms with Crippen molar-refractivity contribution in [1.82, 2.24) is 26.2 Å². The predicted octanol–water partition coefficient (Wildman–Crippen LogP) is -0.0699. The number of carbonyl (C=O) groups is 6. The van der Waals surface area contributed by atoms with Crippen molar-refractivity contribution < 1.29 is 38.6 Å². The van der Waals surface area contributed by atoms with Gasteiger partial charge >= 0.3 is 5.97 Å². The quantitative estimate of drug-likeness (QED) is 0.102. The molecule has 0 saturated heterocycles.